The fourth-order valence-electron chi connectivity index (χ4n) is 2.48. The molecule has 0 saturated carbocycles. The zero-order valence-electron chi connectivity index (χ0n) is 11.1. The van der Waals surface area contributed by atoms with E-state index >= 15 is 0 Å². The van der Waals surface area contributed by atoms with Crippen molar-refractivity contribution in [1.29, 1.82) is 0 Å². The molecule has 1 aliphatic rings. The number of aromatic nitrogens is 1. The Morgan fingerprint density at radius 1 is 1.14 bits per heavy atom. The molecule has 2 heterocycles. The maximum absolute atomic E-state index is 12.6. The third-order valence-corrected chi connectivity index (χ3v) is 5.11. The van der Waals surface area contributed by atoms with Crippen LogP contribution in [0.15, 0.2) is 41.4 Å². The van der Waals surface area contributed by atoms with Crippen LogP contribution in [0.25, 0.3) is 0 Å². The van der Waals surface area contributed by atoms with Gasteiger partial charge in [0.15, 0.2) is 0 Å². The van der Waals surface area contributed by atoms with E-state index in [4.69, 9.17) is 0 Å². The number of carbonyl (C=O) groups excluding carboxylic acids is 1. The first-order valence-electron chi connectivity index (χ1n) is 6.36. The van der Waals surface area contributed by atoms with E-state index < -0.39 is 26.0 Å². The minimum absolute atomic E-state index is 0.00257. The van der Waals surface area contributed by atoms with E-state index in [2.05, 4.69) is 0 Å². The summed E-state index contributed by atoms with van der Waals surface area (Å²) in [4.78, 5) is 11.5. The lowest BCUT2D eigenvalue weighted by molar-refractivity contribution is -0.0436. The van der Waals surface area contributed by atoms with Crippen molar-refractivity contribution in [3.05, 3.63) is 53.3 Å². The molecule has 4 nitrogen and oxygen atoms in total. The van der Waals surface area contributed by atoms with Gasteiger partial charge in [-0.1, -0.05) is 6.07 Å². The molecule has 0 fully saturated rings. The number of halogens is 3. The summed E-state index contributed by atoms with van der Waals surface area (Å²) < 4.78 is 62.6. The lowest BCUT2D eigenvalue weighted by atomic mass is 10.0. The van der Waals surface area contributed by atoms with Crippen LogP contribution in [0, 0.1) is 0 Å². The molecule has 3 rings (SSSR count). The predicted molar refractivity (Wildman–Crippen MR) is 71.3 cm³/mol. The summed E-state index contributed by atoms with van der Waals surface area (Å²) in [6, 6.07) is 6.22. The van der Waals surface area contributed by atoms with Crippen LogP contribution in [0.1, 0.15) is 21.6 Å². The summed E-state index contributed by atoms with van der Waals surface area (Å²) in [5.41, 5.74) is -4.52. The van der Waals surface area contributed by atoms with Crippen LogP contribution in [0.2, 0.25) is 0 Å². The van der Waals surface area contributed by atoms with Gasteiger partial charge in [0.1, 0.15) is 0 Å². The van der Waals surface area contributed by atoms with Crippen molar-refractivity contribution in [1.82, 2.24) is 4.57 Å². The number of alkyl halides is 3. The summed E-state index contributed by atoms with van der Waals surface area (Å²) in [5, 5.41) is 0. The summed E-state index contributed by atoms with van der Waals surface area (Å²) in [5.74, 6) is -0.475. The van der Waals surface area contributed by atoms with Crippen molar-refractivity contribution in [2.24, 2.45) is 0 Å². The molecule has 0 amide bonds. The molecule has 0 N–H and O–H groups in total. The molecule has 0 radical (unpaired) electrons. The van der Waals surface area contributed by atoms with Crippen molar-refractivity contribution in [2.75, 3.05) is 0 Å². The Balaban J connectivity index is 2.17. The molecule has 0 spiro atoms. The van der Waals surface area contributed by atoms with Gasteiger partial charge in [0, 0.05) is 18.3 Å². The van der Waals surface area contributed by atoms with Crippen molar-refractivity contribution in [3.63, 3.8) is 0 Å². The Morgan fingerprint density at radius 3 is 2.55 bits per heavy atom. The second-order valence-electron chi connectivity index (χ2n) is 4.93. The van der Waals surface area contributed by atoms with Crippen LogP contribution >= 0.6 is 0 Å². The summed E-state index contributed by atoms with van der Waals surface area (Å²) in [6.45, 7) is 0.506. The number of hydrogen-bond acceptors (Lipinski definition) is 3. The number of rotatable bonds is 1. The Labute approximate surface area is 124 Å². The highest BCUT2D eigenvalue weighted by Gasteiger charge is 2.47. The zero-order valence-corrected chi connectivity index (χ0v) is 11.9. The maximum Gasteiger partial charge on any atom is 0.501 e. The first-order chi connectivity index (χ1) is 10.2. The highest BCUT2D eigenvalue weighted by atomic mass is 32.2. The van der Waals surface area contributed by atoms with Crippen LogP contribution in [0.3, 0.4) is 0 Å². The minimum atomic E-state index is -5.47. The highest BCUT2D eigenvalue weighted by Crippen LogP contribution is 2.32. The van der Waals surface area contributed by atoms with E-state index in [1.54, 1.807) is 22.9 Å². The largest absolute Gasteiger partial charge is 0.501 e. The van der Waals surface area contributed by atoms with Crippen LogP contribution in [0.5, 0.6) is 0 Å². The van der Waals surface area contributed by atoms with E-state index in [1.807, 2.05) is 0 Å². The predicted octanol–water partition coefficient (Wildman–Crippen LogP) is 2.57. The third kappa shape index (κ3) is 2.14. The number of benzene rings is 1. The molecule has 0 saturated heterocycles. The lowest BCUT2D eigenvalue weighted by Crippen LogP contribution is -2.23. The standard InChI is InChI=1S/C14H10F3NO3S/c15-14(16,17)22(20,21)10-4-3-9-5-7-18-6-1-2-12(18)13(19)11(9)8-10/h1-4,6,8H,5,7H2. The van der Waals surface area contributed by atoms with E-state index in [0.717, 1.165) is 12.1 Å². The van der Waals surface area contributed by atoms with Gasteiger partial charge >= 0.3 is 5.51 Å². The molecule has 22 heavy (non-hydrogen) atoms. The van der Waals surface area contributed by atoms with E-state index in [-0.39, 0.29) is 5.56 Å². The Morgan fingerprint density at radius 2 is 1.86 bits per heavy atom. The van der Waals surface area contributed by atoms with E-state index in [9.17, 15) is 26.4 Å². The first kappa shape index (κ1) is 14.8. The highest BCUT2D eigenvalue weighted by molar-refractivity contribution is 7.92. The van der Waals surface area contributed by atoms with Crippen molar-refractivity contribution in [2.45, 2.75) is 23.4 Å². The average molecular weight is 329 g/mol. The monoisotopic (exact) mass is 329 g/mol. The van der Waals surface area contributed by atoms with Gasteiger partial charge in [-0.05, 0) is 36.2 Å². The van der Waals surface area contributed by atoms with Crippen molar-refractivity contribution >= 4 is 15.6 Å². The third-order valence-electron chi connectivity index (χ3n) is 3.63. The summed E-state index contributed by atoms with van der Waals surface area (Å²) in [7, 11) is -5.47. The van der Waals surface area contributed by atoms with Crippen molar-refractivity contribution in [3.8, 4) is 0 Å². The smallest absolute Gasteiger partial charge is 0.344 e. The molecule has 0 unspecified atom stereocenters. The van der Waals surface area contributed by atoms with Crippen LogP contribution in [-0.2, 0) is 22.8 Å². The van der Waals surface area contributed by atoms with Gasteiger partial charge in [-0.15, -0.1) is 0 Å². The number of nitrogens with zero attached hydrogens (tertiary/aromatic N) is 1. The number of carbonyl (C=O) groups is 1. The van der Waals surface area contributed by atoms with Crippen LogP contribution < -0.4 is 0 Å². The lowest BCUT2D eigenvalue weighted by Gasteiger charge is -2.11. The normalized spacial score (nSPS) is 15.1. The Kier molecular flexibility index (Phi) is 3.17. The molecule has 1 aromatic heterocycles. The minimum Gasteiger partial charge on any atom is -0.344 e. The fraction of sp³-hybridized carbons (Fsp3) is 0.214. The fourth-order valence-corrected chi connectivity index (χ4v) is 3.27. The van der Waals surface area contributed by atoms with Gasteiger partial charge in [-0.3, -0.25) is 4.79 Å². The van der Waals surface area contributed by atoms with Crippen molar-refractivity contribution < 1.29 is 26.4 Å². The van der Waals surface area contributed by atoms with Gasteiger partial charge in [0.25, 0.3) is 9.84 Å². The van der Waals surface area contributed by atoms with Gasteiger partial charge in [-0.25, -0.2) is 8.42 Å². The summed E-state index contributed by atoms with van der Waals surface area (Å²) >= 11 is 0. The Bertz CT molecular complexity index is 866. The number of aryl methyl sites for hydroxylation is 2. The number of sulfone groups is 1. The van der Waals surface area contributed by atoms with Gasteiger partial charge in [0.05, 0.1) is 10.6 Å². The van der Waals surface area contributed by atoms with Gasteiger partial charge in [-0.2, -0.15) is 13.2 Å². The van der Waals surface area contributed by atoms with Crippen LogP contribution in [0.4, 0.5) is 13.2 Å². The van der Waals surface area contributed by atoms with Gasteiger partial charge in [0.2, 0.25) is 5.78 Å². The quantitative estimate of drug-likeness (QED) is 0.808. The number of fused-ring (bicyclic) bond motifs is 2. The second kappa shape index (κ2) is 4.70. The van der Waals surface area contributed by atoms with E-state index in [1.165, 1.54) is 6.07 Å². The molecular weight excluding hydrogens is 319 g/mol. The molecular formula is C14H10F3NO3S. The number of hydrogen-bond donors (Lipinski definition) is 0. The second-order valence-corrected chi connectivity index (χ2v) is 6.88. The number of ketones is 1. The molecule has 1 aliphatic heterocycles. The first-order valence-corrected chi connectivity index (χ1v) is 7.84. The molecule has 1 aromatic carbocycles. The van der Waals surface area contributed by atoms with Crippen LogP contribution in [-0.4, -0.2) is 24.3 Å². The SMILES string of the molecule is O=C1c2cc(S(=O)(=O)C(F)(F)F)ccc2CCn2cccc21. The molecule has 0 aliphatic carbocycles. The van der Waals surface area contributed by atoms with Gasteiger partial charge < -0.3 is 4.57 Å². The molecule has 2 aromatic rings. The molecule has 116 valence electrons. The summed E-state index contributed by atoms with van der Waals surface area (Å²) in [6.07, 6.45) is 2.14. The molecule has 0 atom stereocenters. The molecule has 8 heteroatoms. The van der Waals surface area contributed by atoms with E-state index in [0.29, 0.717) is 24.2 Å². The average Bonchev–Trinajstić information content (AvgIpc) is 2.86. The topological polar surface area (TPSA) is 56.1 Å². The zero-order chi connectivity index (χ0) is 16.1. The maximum atomic E-state index is 12.6. The molecule has 0 bridgehead atoms. The Hall–Kier alpha value is -2.09.